The van der Waals surface area contributed by atoms with Gasteiger partial charge in [0, 0.05) is 25.6 Å². The number of aryl methyl sites for hydroxylation is 2. The minimum atomic E-state index is -3.49. The average Bonchev–Trinajstić information content (AvgIpc) is 2.66. The van der Waals surface area contributed by atoms with Crippen LogP contribution in [0.25, 0.3) is 0 Å². The Morgan fingerprint density at radius 3 is 2.59 bits per heavy atom. The zero-order valence-corrected chi connectivity index (χ0v) is 17.1. The summed E-state index contributed by atoms with van der Waals surface area (Å²) in [6.07, 6.45) is 3.48. The number of rotatable bonds is 5. The number of carbonyl (C=O) groups excluding carboxylic acids is 1. The summed E-state index contributed by atoms with van der Waals surface area (Å²) in [6.45, 7) is 7.34. The maximum absolute atomic E-state index is 12.9. The molecule has 7 heteroatoms. The van der Waals surface area contributed by atoms with Crippen molar-refractivity contribution < 1.29 is 13.2 Å². The Bertz CT molecular complexity index is 765. The van der Waals surface area contributed by atoms with E-state index in [0.717, 1.165) is 37.1 Å². The second-order valence-corrected chi connectivity index (χ2v) is 9.81. The van der Waals surface area contributed by atoms with Crippen LogP contribution in [-0.2, 0) is 14.8 Å². The SMILES string of the molecule is Cc1ccc(S(=O)(=O)N2CCC(C(=O)NCC3CCCNC3)CC2)c(C)c1. The monoisotopic (exact) mass is 393 g/mol. The van der Waals surface area contributed by atoms with Gasteiger partial charge >= 0.3 is 0 Å². The summed E-state index contributed by atoms with van der Waals surface area (Å²) in [7, 11) is -3.49. The van der Waals surface area contributed by atoms with E-state index in [9.17, 15) is 13.2 Å². The fourth-order valence-corrected chi connectivity index (χ4v) is 5.75. The molecule has 1 amide bonds. The number of nitrogens with zero attached hydrogens (tertiary/aromatic N) is 1. The first kappa shape index (κ1) is 20.3. The van der Waals surface area contributed by atoms with E-state index in [1.807, 2.05) is 26.0 Å². The van der Waals surface area contributed by atoms with Crippen LogP contribution >= 0.6 is 0 Å². The molecule has 2 aliphatic heterocycles. The van der Waals surface area contributed by atoms with Crippen molar-refractivity contribution in [2.45, 2.75) is 44.4 Å². The van der Waals surface area contributed by atoms with E-state index in [1.54, 1.807) is 6.07 Å². The van der Waals surface area contributed by atoms with E-state index in [1.165, 1.54) is 4.31 Å². The van der Waals surface area contributed by atoms with Gasteiger partial charge in [-0.2, -0.15) is 4.31 Å². The van der Waals surface area contributed by atoms with Gasteiger partial charge in [0.1, 0.15) is 0 Å². The van der Waals surface area contributed by atoms with Crippen molar-refractivity contribution in [2.24, 2.45) is 11.8 Å². The molecule has 27 heavy (non-hydrogen) atoms. The number of amides is 1. The maximum Gasteiger partial charge on any atom is 0.243 e. The van der Waals surface area contributed by atoms with Crippen molar-refractivity contribution in [1.82, 2.24) is 14.9 Å². The number of piperidine rings is 2. The lowest BCUT2D eigenvalue weighted by Gasteiger charge is -2.31. The Labute approximate surface area is 162 Å². The van der Waals surface area contributed by atoms with Gasteiger partial charge in [-0.1, -0.05) is 17.7 Å². The molecule has 2 fully saturated rings. The second-order valence-electron chi connectivity index (χ2n) is 7.90. The molecule has 0 spiro atoms. The third-order valence-electron chi connectivity index (χ3n) is 5.74. The van der Waals surface area contributed by atoms with Gasteiger partial charge < -0.3 is 10.6 Å². The van der Waals surface area contributed by atoms with Gasteiger partial charge in [-0.05, 0) is 70.2 Å². The molecule has 1 aromatic carbocycles. The molecule has 2 heterocycles. The molecule has 2 aliphatic rings. The van der Waals surface area contributed by atoms with Crippen molar-refractivity contribution in [3.8, 4) is 0 Å². The number of hydrogen-bond acceptors (Lipinski definition) is 4. The predicted molar refractivity (Wildman–Crippen MR) is 106 cm³/mol. The van der Waals surface area contributed by atoms with Crippen molar-refractivity contribution >= 4 is 15.9 Å². The lowest BCUT2D eigenvalue weighted by Crippen LogP contribution is -2.45. The van der Waals surface area contributed by atoms with Crippen LogP contribution in [0.3, 0.4) is 0 Å². The summed E-state index contributed by atoms with van der Waals surface area (Å²) in [4.78, 5) is 12.8. The number of sulfonamides is 1. The van der Waals surface area contributed by atoms with E-state index in [0.29, 0.717) is 43.3 Å². The van der Waals surface area contributed by atoms with Gasteiger partial charge in [0.2, 0.25) is 15.9 Å². The number of benzene rings is 1. The molecular formula is C20H31N3O3S. The Kier molecular flexibility index (Phi) is 6.55. The zero-order valence-electron chi connectivity index (χ0n) is 16.3. The highest BCUT2D eigenvalue weighted by Gasteiger charge is 2.32. The van der Waals surface area contributed by atoms with Crippen LogP contribution in [0, 0.1) is 25.7 Å². The van der Waals surface area contributed by atoms with E-state index < -0.39 is 10.0 Å². The minimum absolute atomic E-state index is 0.0733. The van der Waals surface area contributed by atoms with E-state index in [2.05, 4.69) is 10.6 Å². The van der Waals surface area contributed by atoms with Gasteiger partial charge in [0.05, 0.1) is 4.90 Å². The highest BCUT2D eigenvalue weighted by Crippen LogP contribution is 2.26. The molecule has 0 radical (unpaired) electrons. The molecule has 6 nitrogen and oxygen atoms in total. The summed E-state index contributed by atoms with van der Waals surface area (Å²) in [6, 6.07) is 5.42. The van der Waals surface area contributed by atoms with Crippen molar-refractivity contribution in [2.75, 3.05) is 32.7 Å². The number of nitrogens with one attached hydrogen (secondary N) is 2. The Morgan fingerprint density at radius 2 is 1.96 bits per heavy atom. The molecule has 0 aliphatic carbocycles. The largest absolute Gasteiger partial charge is 0.356 e. The summed E-state index contributed by atoms with van der Waals surface area (Å²) >= 11 is 0. The van der Waals surface area contributed by atoms with Crippen molar-refractivity contribution in [1.29, 1.82) is 0 Å². The molecule has 1 atom stereocenters. The van der Waals surface area contributed by atoms with Gasteiger partial charge in [-0.15, -0.1) is 0 Å². The quantitative estimate of drug-likeness (QED) is 0.800. The molecule has 1 aromatic rings. The normalized spacial score (nSPS) is 22.5. The first-order valence-electron chi connectivity index (χ1n) is 9.94. The topological polar surface area (TPSA) is 78.5 Å². The van der Waals surface area contributed by atoms with Crippen LogP contribution in [-0.4, -0.2) is 51.4 Å². The van der Waals surface area contributed by atoms with Crippen molar-refractivity contribution in [3.05, 3.63) is 29.3 Å². The summed E-state index contributed by atoms with van der Waals surface area (Å²) in [5.41, 5.74) is 1.82. The predicted octanol–water partition coefficient (Wildman–Crippen LogP) is 1.82. The Balaban J connectivity index is 1.53. The summed E-state index contributed by atoms with van der Waals surface area (Å²) in [5, 5.41) is 6.44. The molecule has 150 valence electrons. The molecule has 0 aromatic heterocycles. The molecular weight excluding hydrogens is 362 g/mol. The Hall–Kier alpha value is -1.44. The second kappa shape index (κ2) is 8.71. The highest BCUT2D eigenvalue weighted by molar-refractivity contribution is 7.89. The lowest BCUT2D eigenvalue weighted by molar-refractivity contribution is -0.126. The summed E-state index contributed by atoms with van der Waals surface area (Å²) < 4.78 is 27.4. The van der Waals surface area contributed by atoms with E-state index >= 15 is 0 Å². The molecule has 2 saturated heterocycles. The van der Waals surface area contributed by atoms with Gasteiger partial charge in [-0.3, -0.25) is 4.79 Å². The number of carbonyl (C=O) groups is 1. The standard InChI is InChI=1S/C20H31N3O3S/c1-15-5-6-19(16(2)12-15)27(25,26)23-10-7-18(8-11-23)20(24)22-14-17-4-3-9-21-13-17/h5-6,12,17-18,21H,3-4,7-11,13-14H2,1-2H3,(H,22,24). The third kappa shape index (κ3) is 4.89. The third-order valence-corrected chi connectivity index (χ3v) is 7.80. The van der Waals surface area contributed by atoms with Crippen LogP contribution < -0.4 is 10.6 Å². The van der Waals surface area contributed by atoms with Crippen LogP contribution in [0.1, 0.15) is 36.8 Å². The highest BCUT2D eigenvalue weighted by atomic mass is 32.2. The molecule has 1 unspecified atom stereocenters. The van der Waals surface area contributed by atoms with Crippen LogP contribution in [0.2, 0.25) is 0 Å². The van der Waals surface area contributed by atoms with Gasteiger partial charge in [0.25, 0.3) is 0 Å². The van der Waals surface area contributed by atoms with Crippen LogP contribution in [0.4, 0.5) is 0 Å². The lowest BCUT2D eigenvalue weighted by atomic mass is 9.96. The summed E-state index contributed by atoms with van der Waals surface area (Å²) in [5.74, 6) is 0.490. The van der Waals surface area contributed by atoms with Crippen molar-refractivity contribution in [3.63, 3.8) is 0 Å². The fraction of sp³-hybridized carbons (Fsp3) is 0.650. The van der Waals surface area contributed by atoms with Gasteiger partial charge in [-0.25, -0.2) is 8.42 Å². The van der Waals surface area contributed by atoms with E-state index in [4.69, 9.17) is 0 Å². The van der Waals surface area contributed by atoms with E-state index in [-0.39, 0.29) is 11.8 Å². The zero-order chi connectivity index (χ0) is 19.4. The molecule has 3 rings (SSSR count). The van der Waals surface area contributed by atoms with Crippen LogP contribution in [0.15, 0.2) is 23.1 Å². The fourth-order valence-electron chi connectivity index (χ4n) is 4.07. The molecule has 2 N–H and O–H groups in total. The first-order valence-corrected chi connectivity index (χ1v) is 11.4. The Morgan fingerprint density at radius 1 is 1.22 bits per heavy atom. The van der Waals surface area contributed by atoms with Gasteiger partial charge in [0.15, 0.2) is 0 Å². The molecule has 0 saturated carbocycles. The maximum atomic E-state index is 12.9. The minimum Gasteiger partial charge on any atom is -0.356 e. The first-order chi connectivity index (χ1) is 12.9. The number of hydrogen-bond donors (Lipinski definition) is 2. The molecule has 0 bridgehead atoms. The van der Waals surface area contributed by atoms with Crippen LogP contribution in [0.5, 0.6) is 0 Å². The average molecular weight is 394 g/mol. The smallest absolute Gasteiger partial charge is 0.243 e.